The molecule has 0 radical (unpaired) electrons. The molecule has 102 valence electrons. The number of rotatable bonds is 3. The summed E-state index contributed by atoms with van der Waals surface area (Å²) in [4.78, 5) is 4.34. The van der Waals surface area contributed by atoms with Crippen LogP contribution in [0.25, 0.3) is 0 Å². The molecular weight excluding hydrogens is 252 g/mol. The molecule has 1 aromatic carbocycles. The monoisotopic (exact) mass is 268 g/mol. The highest BCUT2D eigenvalue weighted by Gasteiger charge is 2.11. The number of hydrogen-bond acceptors (Lipinski definition) is 6. The largest absolute Gasteiger partial charge is 0.348 e. The fraction of sp³-hybridized carbons (Fsp3) is 0.286. The molecule has 6 nitrogen and oxygen atoms in total. The van der Waals surface area contributed by atoms with Gasteiger partial charge in [-0.25, -0.2) is 0 Å². The highest BCUT2D eigenvalue weighted by atomic mass is 15.3. The van der Waals surface area contributed by atoms with Crippen molar-refractivity contribution >= 4 is 17.5 Å². The molecule has 0 saturated carbocycles. The first kappa shape index (κ1) is 13.7. The molecule has 0 atom stereocenters. The molecule has 0 fully saturated rings. The van der Waals surface area contributed by atoms with Crippen LogP contribution in [0, 0.1) is 11.3 Å². The van der Waals surface area contributed by atoms with Gasteiger partial charge in [0.1, 0.15) is 0 Å². The van der Waals surface area contributed by atoms with Crippen LogP contribution in [0.2, 0.25) is 0 Å². The van der Waals surface area contributed by atoms with Gasteiger partial charge in [-0.05, 0) is 45.0 Å². The van der Waals surface area contributed by atoms with Crippen molar-refractivity contribution < 1.29 is 0 Å². The molecule has 1 aromatic heterocycles. The maximum absolute atomic E-state index is 8.75. The molecule has 6 heteroatoms. The molecular formula is C14H16N6. The van der Waals surface area contributed by atoms with Crippen LogP contribution < -0.4 is 10.6 Å². The van der Waals surface area contributed by atoms with Gasteiger partial charge in [-0.1, -0.05) is 0 Å². The number of hydrogen-bond donors (Lipinski definition) is 2. The second-order valence-corrected chi connectivity index (χ2v) is 5.35. The second kappa shape index (κ2) is 5.53. The maximum Gasteiger partial charge on any atom is 0.245 e. The standard InChI is InChI=1S/C14H16N6/c1-14(2,3)19-13-18-12(9-16-20-13)17-11-6-4-10(8-15)5-7-11/h4-7,9H,1-3H3,(H2,17,18,19,20). The smallest absolute Gasteiger partial charge is 0.245 e. The Balaban J connectivity index is 2.13. The molecule has 2 rings (SSSR count). The van der Waals surface area contributed by atoms with Gasteiger partial charge in [-0.15, -0.1) is 5.10 Å². The minimum atomic E-state index is -0.130. The van der Waals surface area contributed by atoms with Crippen molar-refractivity contribution in [2.24, 2.45) is 0 Å². The molecule has 1 heterocycles. The van der Waals surface area contributed by atoms with E-state index >= 15 is 0 Å². The Bertz CT molecular complexity index is 621. The molecule has 20 heavy (non-hydrogen) atoms. The molecule has 0 aliphatic rings. The molecule has 0 saturated heterocycles. The quantitative estimate of drug-likeness (QED) is 0.890. The van der Waals surface area contributed by atoms with E-state index in [9.17, 15) is 0 Å². The van der Waals surface area contributed by atoms with Crippen molar-refractivity contribution in [3.05, 3.63) is 36.0 Å². The van der Waals surface area contributed by atoms with Crippen molar-refractivity contribution in [2.45, 2.75) is 26.3 Å². The first-order chi connectivity index (χ1) is 9.46. The SMILES string of the molecule is CC(C)(C)Nc1nncc(Nc2ccc(C#N)cc2)n1. The summed E-state index contributed by atoms with van der Waals surface area (Å²) in [5.41, 5.74) is 1.33. The van der Waals surface area contributed by atoms with Crippen molar-refractivity contribution in [1.29, 1.82) is 5.26 Å². The van der Waals surface area contributed by atoms with Crippen LogP contribution >= 0.6 is 0 Å². The van der Waals surface area contributed by atoms with Crippen LogP contribution in [0.4, 0.5) is 17.5 Å². The Kier molecular flexibility index (Phi) is 3.80. The minimum Gasteiger partial charge on any atom is -0.348 e. The van der Waals surface area contributed by atoms with E-state index < -0.39 is 0 Å². The number of anilines is 3. The van der Waals surface area contributed by atoms with E-state index in [0.717, 1.165) is 5.69 Å². The zero-order chi connectivity index (χ0) is 14.6. The average Bonchev–Trinajstić information content (AvgIpc) is 2.38. The molecule has 0 aliphatic carbocycles. The molecule has 0 unspecified atom stereocenters. The highest BCUT2D eigenvalue weighted by molar-refractivity contribution is 5.57. The molecule has 2 N–H and O–H groups in total. The molecule has 0 bridgehead atoms. The van der Waals surface area contributed by atoms with Crippen molar-refractivity contribution in [3.63, 3.8) is 0 Å². The van der Waals surface area contributed by atoms with Gasteiger partial charge < -0.3 is 10.6 Å². The zero-order valence-corrected chi connectivity index (χ0v) is 11.7. The third-order valence-corrected chi connectivity index (χ3v) is 2.33. The lowest BCUT2D eigenvalue weighted by Gasteiger charge is -2.20. The summed E-state index contributed by atoms with van der Waals surface area (Å²) in [6.07, 6.45) is 1.55. The normalized spacial score (nSPS) is 10.7. The van der Waals surface area contributed by atoms with Gasteiger partial charge >= 0.3 is 0 Å². The van der Waals surface area contributed by atoms with Crippen LogP contribution in [-0.2, 0) is 0 Å². The van der Waals surface area contributed by atoms with Gasteiger partial charge in [0.15, 0.2) is 5.82 Å². The Morgan fingerprint density at radius 1 is 1.15 bits per heavy atom. The Morgan fingerprint density at radius 2 is 1.85 bits per heavy atom. The number of nitrogens with one attached hydrogen (secondary N) is 2. The van der Waals surface area contributed by atoms with Gasteiger partial charge in [0, 0.05) is 11.2 Å². The minimum absolute atomic E-state index is 0.130. The topological polar surface area (TPSA) is 86.5 Å². The van der Waals surface area contributed by atoms with E-state index in [0.29, 0.717) is 17.3 Å². The summed E-state index contributed by atoms with van der Waals surface area (Å²) >= 11 is 0. The van der Waals surface area contributed by atoms with Gasteiger partial charge in [0.05, 0.1) is 17.8 Å². The summed E-state index contributed by atoms with van der Waals surface area (Å²) in [6.45, 7) is 6.07. The molecule has 0 spiro atoms. The number of benzene rings is 1. The highest BCUT2D eigenvalue weighted by Crippen LogP contribution is 2.16. The predicted molar refractivity (Wildman–Crippen MR) is 77.6 cm³/mol. The molecule has 2 aromatic rings. The van der Waals surface area contributed by atoms with Crippen LogP contribution in [0.3, 0.4) is 0 Å². The Morgan fingerprint density at radius 3 is 2.45 bits per heavy atom. The van der Waals surface area contributed by atoms with Crippen molar-refractivity contribution in [2.75, 3.05) is 10.6 Å². The summed E-state index contributed by atoms with van der Waals surface area (Å²) < 4.78 is 0. The van der Waals surface area contributed by atoms with Crippen molar-refractivity contribution in [3.8, 4) is 6.07 Å². The van der Waals surface area contributed by atoms with E-state index in [2.05, 4.69) is 31.9 Å². The Hall–Kier alpha value is -2.68. The van der Waals surface area contributed by atoms with Crippen LogP contribution in [0.5, 0.6) is 0 Å². The molecule has 0 amide bonds. The van der Waals surface area contributed by atoms with E-state index in [1.54, 1.807) is 18.3 Å². The second-order valence-electron chi connectivity index (χ2n) is 5.35. The average molecular weight is 268 g/mol. The number of nitriles is 1. The maximum atomic E-state index is 8.75. The van der Waals surface area contributed by atoms with Crippen LogP contribution in [0.15, 0.2) is 30.5 Å². The first-order valence-corrected chi connectivity index (χ1v) is 6.21. The van der Waals surface area contributed by atoms with Gasteiger partial charge in [-0.2, -0.15) is 15.3 Å². The fourth-order valence-electron chi connectivity index (χ4n) is 1.53. The van der Waals surface area contributed by atoms with Gasteiger partial charge in [-0.3, -0.25) is 0 Å². The number of aromatic nitrogens is 3. The lowest BCUT2D eigenvalue weighted by Crippen LogP contribution is -2.27. The third kappa shape index (κ3) is 3.92. The summed E-state index contributed by atoms with van der Waals surface area (Å²) in [6, 6.07) is 9.19. The van der Waals surface area contributed by atoms with Crippen LogP contribution in [-0.4, -0.2) is 20.7 Å². The predicted octanol–water partition coefficient (Wildman–Crippen LogP) is 2.70. The van der Waals surface area contributed by atoms with Crippen LogP contribution in [0.1, 0.15) is 26.3 Å². The first-order valence-electron chi connectivity index (χ1n) is 6.21. The van der Waals surface area contributed by atoms with E-state index in [1.165, 1.54) is 0 Å². The Labute approximate surface area is 117 Å². The lowest BCUT2D eigenvalue weighted by molar-refractivity contribution is 0.623. The lowest BCUT2D eigenvalue weighted by atomic mass is 10.1. The summed E-state index contributed by atoms with van der Waals surface area (Å²) in [5, 5.41) is 22.9. The summed E-state index contributed by atoms with van der Waals surface area (Å²) in [7, 11) is 0. The number of nitrogens with zero attached hydrogens (tertiary/aromatic N) is 4. The van der Waals surface area contributed by atoms with Gasteiger partial charge in [0.2, 0.25) is 5.95 Å². The van der Waals surface area contributed by atoms with E-state index in [4.69, 9.17) is 5.26 Å². The molecule has 0 aliphatic heterocycles. The van der Waals surface area contributed by atoms with E-state index in [-0.39, 0.29) is 5.54 Å². The van der Waals surface area contributed by atoms with E-state index in [1.807, 2.05) is 32.9 Å². The fourth-order valence-corrected chi connectivity index (χ4v) is 1.53. The third-order valence-electron chi connectivity index (χ3n) is 2.33. The van der Waals surface area contributed by atoms with Gasteiger partial charge in [0.25, 0.3) is 0 Å². The van der Waals surface area contributed by atoms with Crippen molar-refractivity contribution in [1.82, 2.24) is 15.2 Å². The summed E-state index contributed by atoms with van der Waals surface area (Å²) in [5.74, 6) is 1.06. The zero-order valence-electron chi connectivity index (χ0n) is 11.7.